The summed E-state index contributed by atoms with van der Waals surface area (Å²) in [6.07, 6.45) is 12.3. The second kappa shape index (κ2) is 10.7. The summed E-state index contributed by atoms with van der Waals surface area (Å²) in [5.74, 6) is 2.71. The highest BCUT2D eigenvalue weighted by atomic mass is 16.5. The van der Waals surface area contributed by atoms with E-state index in [-0.39, 0.29) is 6.10 Å². The Morgan fingerprint density at radius 1 is 0.857 bits per heavy atom. The molecule has 2 aromatic carbocycles. The van der Waals surface area contributed by atoms with E-state index in [4.69, 9.17) is 4.74 Å². The second-order valence-electron chi connectivity index (χ2n) is 8.71. The molecule has 1 fully saturated rings. The van der Waals surface area contributed by atoms with Crippen molar-refractivity contribution >= 4 is 0 Å². The monoisotopic (exact) mass is 378 g/mol. The van der Waals surface area contributed by atoms with Gasteiger partial charge < -0.3 is 4.74 Å². The molecular formula is C27H38O. The third kappa shape index (κ3) is 5.87. The summed E-state index contributed by atoms with van der Waals surface area (Å²) in [4.78, 5) is 0. The van der Waals surface area contributed by atoms with Gasteiger partial charge in [0.1, 0.15) is 11.9 Å². The van der Waals surface area contributed by atoms with Crippen LogP contribution in [-0.4, -0.2) is 0 Å². The third-order valence-electron chi connectivity index (χ3n) is 6.51. The fourth-order valence-corrected chi connectivity index (χ4v) is 4.62. The van der Waals surface area contributed by atoms with Crippen LogP contribution in [0.1, 0.15) is 100 Å². The van der Waals surface area contributed by atoms with Gasteiger partial charge in [-0.2, -0.15) is 0 Å². The summed E-state index contributed by atoms with van der Waals surface area (Å²) in [7, 11) is 0. The number of hydrogen-bond donors (Lipinski definition) is 0. The summed E-state index contributed by atoms with van der Waals surface area (Å²) in [5.41, 5.74) is 4.06. The Hall–Kier alpha value is -1.76. The van der Waals surface area contributed by atoms with E-state index in [1.807, 2.05) is 0 Å². The molecule has 0 heterocycles. The molecule has 152 valence electrons. The summed E-state index contributed by atoms with van der Waals surface area (Å²) in [5, 5.41) is 0. The maximum absolute atomic E-state index is 6.30. The van der Waals surface area contributed by atoms with Crippen LogP contribution in [0.2, 0.25) is 0 Å². The molecule has 1 aliphatic rings. The van der Waals surface area contributed by atoms with E-state index in [0.717, 1.165) is 24.0 Å². The minimum Gasteiger partial charge on any atom is -0.486 e. The molecule has 3 rings (SSSR count). The van der Waals surface area contributed by atoms with Crippen molar-refractivity contribution in [2.75, 3.05) is 0 Å². The van der Waals surface area contributed by atoms with Crippen LogP contribution in [0.5, 0.6) is 5.75 Å². The Balaban J connectivity index is 1.53. The first-order valence-electron chi connectivity index (χ1n) is 11.5. The Morgan fingerprint density at radius 2 is 1.54 bits per heavy atom. The van der Waals surface area contributed by atoms with Crippen molar-refractivity contribution in [2.45, 2.75) is 90.6 Å². The van der Waals surface area contributed by atoms with Gasteiger partial charge in [-0.3, -0.25) is 0 Å². The number of rotatable bonds is 9. The normalized spacial score (nSPS) is 20.7. The third-order valence-corrected chi connectivity index (χ3v) is 6.51. The van der Waals surface area contributed by atoms with Gasteiger partial charge in [0.15, 0.2) is 0 Å². The van der Waals surface area contributed by atoms with E-state index in [9.17, 15) is 0 Å². The molecule has 2 aromatic rings. The van der Waals surface area contributed by atoms with Gasteiger partial charge in [0.2, 0.25) is 0 Å². The van der Waals surface area contributed by atoms with Crippen LogP contribution in [0.25, 0.3) is 0 Å². The molecule has 0 spiro atoms. The molecule has 0 aliphatic heterocycles. The predicted octanol–water partition coefficient (Wildman–Crippen LogP) is 8.38. The Kier molecular flexibility index (Phi) is 8.01. The van der Waals surface area contributed by atoms with E-state index >= 15 is 0 Å². The smallest absolute Gasteiger partial charge is 0.123 e. The number of unbranched alkanes of at least 4 members (excludes halogenated alkanes) is 2. The van der Waals surface area contributed by atoms with Crippen molar-refractivity contribution in [3.05, 3.63) is 65.2 Å². The molecule has 0 saturated heterocycles. The van der Waals surface area contributed by atoms with Crippen LogP contribution >= 0.6 is 0 Å². The first kappa shape index (κ1) is 21.0. The summed E-state index contributed by atoms with van der Waals surface area (Å²) in [6, 6.07) is 17.7. The molecule has 1 nitrogen and oxygen atoms in total. The molecule has 0 bridgehead atoms. The lowest BCUT2D eigenvalue weighted by Crippen LogP contribution is -2.13. The van der Waals surface area contributed by atoms with Gasteiger partial charge in [0, 0.05) is 0 Å². The van der Waals surface area contributed by atoms with Crippen LogP contribution in [0.3, 0.4) is 0 Å². The van der Waals surface area contributed by atoms with Crippen molar-refractivity contribution in [3.63, 3.8) is 0 Å². The molecule has 0 amide bonds. The second-order valence-corrected chi connectivity index (χ2v) is 8.71. The molecule has 0 N–H and O–H groups in total. The summed E-state index contributed by atoms with van der Waals surface area (Å²) < 4.78 is 6.30. The first-order chi connectivity index (χ1) is 13.7. The van der Waals surface area contributed by atoms with E-state index < -0.39 is 0 Å². The lowest BCUT2D eigenvalue weighted by atomic mass is 9.77. The van der Waals surface area contributed by atoms with Crippen LogP contribution < -0.4 is 4.74 Å². The zero-order valence-corrected chi connectivity index (χ0v) is 18.1. The van der Waals surface area contributed by atoms with E-state index in [1.54, 1.807) is 0 Å². The SMILES string of the molecule is CCCCCC1CCC(c2ccc(O[C@H](CC)c3ccc(C)cc3)cc2)CC1. The summed E-state index contributed by atoms with van der Waals surface area (Å²) >= 11 is 0. The average Bonchev–Trinajstić information content (AvgIpc) is 2.74. The lowest BCUT2D eigenvalue weighted by Gasteiger charge is -2.29. The van der Waals surface area contributed by atoms with Gasteiger partial charge in [-0.25, -0.2) is 0 Å². The van der Waals surface area contributed by atoms with Gasteiger partial charge in [-0.15, -0.1) is 0 Å². The van der Waals surface area contributed by atoms with Crippen molar-refractivity contribution in [2.24, 2.45) is 5.92 Å². The largest absolute Gasteiger partial charge is 0.486 e. The summed E-state index contributed by atoms with van der Waals surface area (Å²) in [6.45, 7) is 6.62. The lowest BCUT2D eigenvalue weighted by molar-refractivity contribution is 0.201. The minimum atomic E-state index is 0.130. The highest BCUT2D eigenvalue weighted by Crippen LogP contribution is 2.38. The predicted molar refractivity (Wildman–Crippen MR) is 120 cm³/mol. The van der Waals surface area contributed by atoms with Crippen LogP contribution in [-0.2, 0) is 0 Å². The van der Waals surface area contributed by atoms with Gasteiger partial charge >= 0.3 is 0 Å². The first-order valence-corrected chi connectivity index (χ1v) is 11.5. The number of hydrogen-bond acceptors (Lipinski definition) is 1. The quantitative estimate of drug-likeness (QED) is 0.398. The molecular weight excluding hydrogens is 340 g/mol. The molecule has 0 aromatic heterocycles. The van der Waals surface area contributed by atoms with Gasteiger partial charge in [-0.1, -0.05) is 81.5 Å². The van der Waals surface area contributed by atoms with Gasteiger partial charge in [0.05, 0.1) is 0 Å². The Morgan fingerprint density at radius 3 is 2.14 bits per heavy atom. The fraction of sp³-hybridized carbons (Fsp3) is 0.556. The van der Waals surface area contributed by atoms with Crippen molar-refractivity contribution in [1.82, 2.24) is 0 Å². The maximum atomic E-state index is 6.30. The van der Waals surface area contributed by atoms with Crippen molar-refractivity contribution < 1.29 is 4.74 Å². The molecule has 28 heavy (non-hydrogen) atoms. The van der Waals surface area contributed by atoms with Crippen molar-refractivity contribution in [1.29, 1.82) is 0 Å². The Labute approximate surface area is 172 Å². The fourth-order valence-electron chi connectivity index (χ4n) is 4.62. The van der Waals surface area contributed by atoms with Crippen LogP contribution in [0.4, 0.5) is 0 Å². The highest BCUT2D eigenvalue weighted by molar-refractivity contribution is 5.31. The van der Waals surface area contributed by atoms with Crippen LogP contribution in [0, 0.1) is 12.8 Å². The molecule has 1 heteroatoms. The number of ether oxygens (including phenoxy) is 1. The maximum Gasteiger partial charge on any atom is 0.123 e. The minimum absolute atomic E-state index is 0.130. The highest BCUT2D eigenvalue weighted by Gasteiger charge is 2.22. The molecule has 1 saturated carbocycles. The van der Waals surface area contributed by atoms with Crippen LogP contribution in [0.15, 0.2) is 48.5 Å². The zero-order chi connectivity index (χ0) is 19.8. The molecule has 1 atom stereocenters. The molecule has 0 unspecified atom stereocenters. The topological polar surface area (TPSA) is 9.23 Å². The average molecular weight is 379 g/mol. The van der Waals surface area contributed by atoms with Gasteiger partial charge in [-0.05, 0) is 74.1 Å². The molecule has 0 radical (unpaired) electrons. The van der Waals surface area contributed by atoms with E-state index in [1.165, 1.54) is 68.1 Å². The molecule has 1 aliphatic carbocycles. The standard InChI is InChI=1S/C27H38O/c1-4-6-7-8-22-11-15-23(16-12-22)24-17-19-26(20-18-24)28-27(5-2)25-13-9-21(3)10-14-25/h9-10,13-14,17-20,22-23,27H,4-8,11-12,15-16H2,1-3H3/t22?,23?,27-/m1/s1. The number of aryl methyl sites for hydroxylation is 1. The van der Waals surface area contributed by atoms with Gasteiger partial charge in [0.25, 0.3) is 0 Å². The zero-order valence-electron chi connectivity index (χ0n) is 18.1. The van der Waals surface area contributed by atoms with E-state index in [0.29, 0.717) is 0 Å². The number of benzene rings is 2. The Bertz CT molecular complexity index is 677. The van der Waals surface area contributed by atoms with E-state index in [2.05, 4.69) is 69.3 Å². The van der Waals surface area contributed by atoms with Crippen molar-refractivity contribution in [3.8, 4) is 5.75 Å².